The number of para-hydroxylation sites is 1. The van der Waals surface area contributed by atoms with Gasteiger partial charge in [-0.3, -0.25) is 4.79 Å². The smallest absolute Gasteiger partial charge is 0.214 e. The number of nitrogens with zero attached hydrogens (tertiary/aromatic N) is 3. The second kappa shape index (κ2) is 10.8. The van der Waals surface area contributed by atoms with Crippen molar-refractivity contribution < 1.29 is 18.3 Å². The van der Waals surface area contributed by atoms with Crippen molar-refractivity contribution in [2.75, 3.05) is 18.8 Å². The van der Waals surface area contributed by atoms with E-state index in [0.29, 0.717) is 39.6 Å². The molecule has 0 spiro atoms. The summed E-state index contributed by atoms with van der Waals surface area (Å²) in [7, 11) is 0. The van der Waals surface area contributed by atoms with Gasteiger partial charge in [0.05, 0.1) is 23.1 Å². The Morgan fingerprint density at radius 2 is 1.76 bits per heavy atom. The molecule has 0 aliphatic carbocycles. The second-order valence-electron chi connectivity index (χ2n) is 10.8. The molecule has 6 rings (SSSR count). The van der Waals surface area contributed by atoms with Gasteiger partial charge in [-0.05, 0) is 106 Å². The van der Waals surface area contributed by atoms with E-state index in [-0.39, 0.29) is 34.6 Å². The van der Waals surface area contributed by atoms with Crippen LogP contribution in [0.15, 0.2) is 72.9 Å². The molecule has 0 radical (unpaired) electrons. The highest BCUT2D eigenvalue weighted by Gasteiger charge is 2.26. The number of ketones is 1. The molecule has 1 saturated heterocycles. The van der Waals surface area contributed by atoms with Crippen molar-refractivity contribution in [1.29, 1.82) is 0 Å². The number of rotatable bonds is 7. The third kappa shape index (κ3) is 5.20. The normalized spacial score (nSPS) is 14.7. The number of carbonyl (C=O) groups is 1. The van der Waals surface area contributed by atoms with Crippen molar-refractivity contribution >= 4 is 22.5 Å². The molecular formula is C32H31F2N5O2. The predicted molar refractivity (Wildman–Crippen MR) is 155 cm³/mol. The molecule has 3 N–H and O–H groups in total. The van der Waals surface area contributed by atoms with Crippen molar-refractivity contribution in [1.82, 2.24) is 19.7 Å². The lowest BCUT2D eigenvalue weighted by atomic mass is 9.88. The maximum atomic E-state index is 15.1. The van der Waals surface area contributed by atoms with Crippen LogP contribution in [0.2, 0.25) is 0 Å². The number of ether oxygens (including phenoxy) is 1. The molecule has 210 valence electrons. The van der Waals surface area contributed by atoms with Crippen LogP contribution in [0.3, 0.4) is 0 Å². The predicted octanol–water partition coefficient (Wildman–Crippen LogP) is 6.83. The average Bonchev–Trinajstić information content (AvgIpc) is 3.57. The molecule has 1 aliphatic heterocycles. The third-order valence-corrected chi connectivity index (χ3v) is 7.88. The van der Waals surface area contributed by atoms with Gasteiger partial charge in [0.25, 0.3) is 0 Å². The number of halogens is 2. The summed E-state index contributed by atoms with van der Waals surface area (Å²) < 4.78 is 36.1. The zero-order valence-electron chi connectivity index (χ0n) is 22.9. The largest absolute Gasteiger partial charge is 0.454 e. The fourth-order valence-corrected chi connectivity index (χ4v) is 5.53. The molecule has 0 amide bonds. The number of fused-ring (bicyclic) bond motifs is 1. The van der Waals surface area contributed by atoms with Crippen molar-refractivity contribution in [3.63, 3.8) is 0 Å². The number of aromatic amines is 1. The standard InChI is InChI=1S/C32H31F2N5O2/c1-19(2)38-13-11-20(12-14-38)24-17-28-21(15-27(24)34)16-29(37-28)31(40)25-18-36-39(32(25)35)22-7-9-23(10-8-22)41-30-6-4-3-5-26(30)33/h3-10,15-20,37H,11-14,35H2,1-2H3. The first-order valence-electron chi connectivity index (χ1n) is 13.8. The van der Waals surface area contributed by atoms with E-state index in [0.717, 1.165) is 25.9 Å². The molecule has 7 nitrogen and oxygen atoms in total. The first-order chi connectivity index (χ1) is 19.8. The van der Waals surface area contributed by atoms with Crippen LogP contribution in [0.5, 0.6) is 11.5 Å². The first-order valence-corrected chi connectivity index (χ1v) is 13.8. The van der Waals surface area contributed by atoms with Crippen molar-refractivity contribution in [3.05, 3.63) is 101 Å². The number of piperidine rings is 1. The van der Waals surface area contributed by atoms with Crippen molar-refractivity contribution in [3.8, 4) is 17.2 Å². The van der Waals surface area contributed by atoms with Gasteiger partial charge in [0.1, 0.15) is 17.4 Å². The summed E-state index contributed by atoms with van der Waals surface area (Å²) >= 11 is 0. The van der Waals surface area contributed by atoms with Crippen LogP contribution in [0.4, 0.5) is 14.6 Å². The molecule has 41 heavy (non-hydrogen) atoms. The van der Waals surface area contributed by atoms with Crippen LogP contribution < -0.4 is 10.5 Å². The topological polar surface area (TPSA) is 89.2 Å². The van der Waals surface area contributed by atoms with Gasteiger partial charge in [-0.1, -0.05) is 12.1 Å². The number of H-pyrrole nitrogens is 1. The minimum absolute atomic E-state index is 0.119. The Balaban J connectivity index is 1.21. The number of anilines is 1. The van der Waals surface area contributed by atoms with Gasteiger partial charge in [0.15, 0.2) is 11.6 Å². The molecule has 5 aromatic rings. The van der Waals surface area contributed by atoms with E-state index in [1.165, 1.54) is 23.0 Å². The molecule has 0 unspecified atom stereocenters. The molecule has 1 aliphatic rings. The molecule has 0 bridgehead atoms. The lowest BCUT2D eigenvalue weighted by Gasteiger charge is -2.34. The number of hydrogen-bond acceptors (Lipinski definition) is 5. The summed E-state index contributed by atoms with van der Waals surface area (Å²) in [4.78, 5) is 19.0. The number of nitrogens with two attached hydrogens (primary N) is 1. The Kier molecular flexibility index (Phi) is 7.05. The van der Waals surface area contributed by atoms with Crippen LogP contribution in [-0.4, -0.2) is 44.6 Å². The lowest BCUT2D eigenvalue weighted by molar-refractivity contribution is 0.103. The third-order valence-electron chi connectivity index (χ3n) is 7.88. The Hall–Kier alpha value is -4.50. The summed E-state index contributed by atoms with van der Waals surface area (Å²) in [5.41, 5.74) is 8.90. The number of hydrogen-bond donors (Lipinski definition) is 2. The van der Waals surface area contributed by atoms with Crippen LogP contribution in [0.25, 0.3) is 16.6 Å². The SMILES string of the molecule is CC(C)N1CCC(c2cc3[nH]c(C(=O)c4cnn(-c5ccc(Oc6ccccc6F)cc5)c4N)cc3cc2F)CC1. The van der Waals surface area contributed by atoms with Crippen LogP contribution in [-0.2, 0) is 0 Å². The molecule has 3 aromatic carbocycles. The van der Waals surface area contributed by atoms with Gasteiger partial charge in [0, 0.05) is 16.9 Å². The summed E-state index contributed by atoms with van der Waals surface area (Å²) in [5.74, 6) is -0.164. The van der Waals surface area contributed by atoms with E-state index in [4.69, 9.17) is 10.5 Å². The number of nitrogens with one attached hydrogen (secondary N) is 1. The maximum absolute atomic E-state index is 15.1. The van der Waals surface area contributed by atoms with Crippen molar-refractivity contribution in [2.45, 2.75) is 38.6 Å². The number of aromatic nitrogens is 3. The first kappa shape index (κ1) is 26.7. The molecule has 0 saturated carbocycles. The zero-order valence-corrected chi connectivity index (χ0v) is 22.9. The zero-order chi connectivity index (χ0) is 28.7. The van der Waals surface area contributed by atoms with E-state index in [9.17, 15) is 9.18 Å². The Bertz CT molecular complexity index is 1720. The van der Waals surface area contributed by atoms with E-state index in [2.05, 4.69) is 28.8 Å². The number of nitrogen functional groups attached to an aromatic ring is 1. The fourth-order valence-electron chi connectivity index (χ4n) is 5.53. The highest BCUT2D eigenvalue weighted by molar-refractivity contribution is 6.12. The van der Waals surface area contributed by atoms with Crippen LogP contribution in [0.1, 0.15) is 54.2 Å². The molecule has 1 fully saturated rings. The van der Waals surface area contributed by atoms with E-state index < -0.39 is 5.82 Å². The molecule has 2 aromatic heterocycles. The van der Waals surface area contributed by atoms with Crippen molar-refractivity contribution in [2.24, 2.45) is 0 Å². The molecule has 0 atom stereocenters. The summed E-state index contributed by atoms with van der Waals surface area (Å²) in [6.07, 6.45) is 3.22. The highest BCUT2D eigenvalue weighted by Crippen LogP contribution is 2.34. The summed E-state index contributed by atoms with van der Waals surface area (Å²) in [5, 5.41) is 4.94. The van der Waals surface area contributed by atoms with Gasteiger partial charge in [0.2, 0.25) is 5.78 Å². The fraction of sp³-hybridized carbons (Fsp3) is 0.250. The molecule has 3 heterocycles. The summed E-state index contributed by atoms with van der Waals surface area (Å²) in [6.45, 7) is 6.25. The minimum Gasteiger partial charge on any atom is -0.454 e. The Morgan fingerprint density at radius 3 is 2.46 bits per heavy atom. The Morgan fingerprint density at radius 1 is 1.02 bits per heavy atom. The minimum atomic E-state index is -0.459. The monoisotopic (exact) mass is 555 g/mol. The average molecular weight is 556 g/mol. The lowest BCUT2D eigenvalue weighted by Crippen LogP contribution is -2.38. The number of likely N-dealkylation sites (tertiary alicyclic amines) is 1. The van der Waals surface area contributed by atoms with Gasteiger partial charge >= 0.3 is 0 Å². The maximum Gasteiger partial charge on any atom is 0.214 e. The highest BCUT2D eigenvalue weighted by atomic mass is 19.1. The van der Waals surface area contributed by atoms with Gasteiger partial charge in [-0.25, -0.2) is 13.5 Å². The van der Waals surface area contributed by atoms with E-state index in [1.54, 1.807) is 48.5 Å². The number of benzene rings is 3. The molecular weight excluding hydrogens is 524 g/mol. The van der Waals surface area contributed by atoms with Gasteiger partial charge in [-0.15, -0.1) is 0 Å². The quantitative estimate of drug-likeness (QED) is 0.215. The Labute approximate surface area is 236 Å². The van der Waals surface area contributed by atoms with Gasteiger partial charge in [-0.2, -0.15) is 5.10 Å². The summed E-state index contributed by atoms with van der Waals surface area (Å²) in [6, 6.07) is 18.4. The second-order valence-corrected chi connectivity index (χ2v) is 10.8. The van der Waals surface area contributed by atoms with Gasteiger partial charge < -0.3 is 20.4 Å². The van der Waals surface area contributed by atoms with Crippen LogP contribution >= 0.6 is 0 Å². The van der Waals surface area contributed by atoms with E-state index in [1.807, 2.05) is 6.07 Å². The van der Waals surface area contributed by atoms with E-state index >= 15 is 4.39 Å². The molecule has 9 heteroatoms. The van der Waals surface area contributed by atoms with Crippen LogP contribution in [0, 0.1) is 11.6 Å². The number of carbonyl (C=O) groups excluding carboxylic acids is 1.